The lowest BCUT2D eigenvalue weighted by Gasteiger charge is -2.17. The molecule has 19 heavy (non-hydrogen) atoms. The zero-order chi connectivity index (χ0) is 14.0. The Hall–Kier alpha value is -1.00. The molecule has 2 aromatic carbocycles. The van der Waals surface area contributed by atoms with E-state index in [2.05, 4.69) is 38.8 Å². The average Bonchev–Trinajstić information content (AvgIpc) is 2.39. The van der Waals surface area contributed by atoms with Crippen LogP contribution >= 0.6 is 31.9 Å². The monoisotopic (exact) mass is 384 g/mol. The first kappa shape index (κ1) is 14.4. The fourth-order valence-corrected chi connectivity index (χ4v) is 2.94. The standard InChI is InChI=1S/C15H14Br2O2/c1-2-11(9-3-5-14(18)12(16)7-9)10-4-6-15(19)13(17)8-10/h3-8,11,18-19H,2H2,1H3. The van der Waals surface area contributed by atoms with Crippen LogP contribution < -0.4 is 0 Å². The summed E-state index contributed by atoms with van der Waals surface area (Å²) in [7, 11) is 0. The minimum Gasteiger partial charge on any atom is -0.507 e. The first-order valence-corrected chi connectivity index (χ1v) is 7.58. The second-order valence-corrected chi connectivity index (χ2v) is 6.09. The Morgan fingerprint density at radius 2 is 1.32 bits per heavy atom. The highest BCUT2D eigenvalue weighted by Crippen LogP contribution is 2.35. The third-order valence-electron chi connectivity index (χ3n) is 3.16. The van der Waals surface area contributed by atoms with Crippen molar-refractivity contribution in [2.75, 3.05) is 0 Å². The summed E-state index contributed by atoms with van der Waals surface area (Å²) >= 11 is 6.69. The molecule has 0 amide bonds. The summed E-state index contributed by atoms with van der Waals surface area (Å²) in [6.45, 7) is 2.12. The van der Waals surface area contributed by atoms with Gasteiger partial charge in [-0.05, 0) is 73.7 Å². The van der Waals surface area contributed by atoms with Gasteiger partial charge < -0.3 is 10.2 Å². The van der Waals surface area contributed by atoms with E-state index in [0.717, 1.165) is 17.5 Å². The van der Waals surface area contributed by atoms with Gasteiger partial charge in [0.1, 0.15) is 11.5 Å². The van der Waals surface area contributed by atoms with E-state index in [9.17, 15) is 10.2 Å². The van der Waals surface area contributed by atoms with Crippen LogP contribution in [0.4, 0.5) is 0 Å². The first-order valence-electron chi connectivity index (χ1n) is 5.99. The van der Waals surface area contributed by atoms with Crippen molar-refractivity contribution in [1.82, 2.24) is 0 Å². The Labute approximate surface area is 129 Å². The smallest absolute Gasteiger partial charge is 0.129 e. The lowest BCUT2D eigenvalue weighted by molar-refractivity contribution is 0.471. The van der Waals surface area contributed by atoms with Crippen molar-refractivity contribution in [2.45, 2.75) is 19.3 Å². The summed E-state index contributed by atoms with van der Waals surface area (Å²) in [5.74, 6) is 0.713. The maximum Gasteiger partial charge on any atom is 0.129 e. The molecule has 0 aliphatic rings. The number of phenols is 2. The fraction of sp³-hybridized carbons (Fsp3) is 0.200. The number of phenolic OH excluding ortho intramolecular Hbond substituents is 2. The van der Waals surface area contributed by atoms with Crippen LogP contribution in [0.1, 0.15) is 30.4 Å². The van der Waals surface area contributed by atoms with E-state index in [1.54, 1.807) is 12.1 Å². The molecule has 2 rings (SSSR count). The van der Waals surface area contributed by atoms with Crippen molar-refractivity contribution < 1.29 is 10.2 Å². The summed E-state index contributed by atoms with van der Waals surface area (Å²) in [6.07, 6.45) is 0.939. The van der Waals surface area contributed by atoms with Crippen LogP contribution in [0.5, 0.6) is 11.5 Å². The molecule has 2 nitrogen and oxygen atoms in total. The van der Waals surface area contributed by atoms with Crippen LogP contribution in [0.3, 0.4) is 0 Å². The SMILES string of the molecule is CCC(c1ccc(O)c(Br)c1)c1ccc(O)c(Br)c1. The molecule has 100 valence electrons. The Bertz CT molecular complexity index is 545. The van der Waals surface area contributed by atoms with Gasteiger partial charge in [0, 0.05) is 5.92 Å². The Morgan fingerprint density at radius 3 is 1.63 bits per heavy atom. The summed E-state index contributed by atoms with van der Waals surface area (Å²) in [5, 5.41) is 19.1. The van der Waals surface area contributed by atoms with Gasteiger partial charge in [0.25, 0.3) is 0 Å². The first-order chi connectivity index (χ1) is 9.02. The van der Waals surface area contributed by atoms with E-state index in [-0.39, 0.29) is 17.4 Å². The van der Waals surface area contributed by atoms with Crippen LogP contribution in [0.25, 0.3) is 0 Å². The van der Waals surface area contributed by atoms with E-state index < -0.39 is 0 Å². The predicted octanol–water partition coefficient (Wildman–Crippen LogP) is 5.16. The highest BCUT2D eigenvalue weighted by Gasteiger charge is 2.14. The van der Waals surface area contributed by atoms with Crippen molar-refractivity contribution in [1.29, 1.82) is 0 Å². The molecule has 2 aromatic rings. The van der Waals surface area contributed by atoms with E-state index in [1.807, 2.05) is 24.3 Å². The summed E-state index contributed by atoms with van der Waals surface area (Å²) < 4.78 is 1.39. The predicted molar refractivity (Wildman–Crippen MR) is 83.7 cm³/mol. The molecule has 0 spiro atoms. The molecule has 0 saturated carbocycles. The topological polar surface area (TPSA) is 40.5 Å². The molecule has 2 N–H and O–H groups in total. The lowest BCUT2D eigenvalue weighted by atomic mass is 9.89. The lowest BCUT2D eigenvalue weighted by Crippen LogP contribution is -1.99. The number of halogens is 2. The molecule has 0 aromatic heterocycles. The van der Waals surface area contributed by atoms with Gasteiger partial charge in [-0.15, -0.1) is 0 Å². The molecule has 0 saturated heterocycles. The molecule has 0 bridgehead atoms. The number of hydrogen-bond donors (Lipinski definition) is 2. The van der Waals surface area contributed by atoms with Crippen LogP contribution in [0.2, 0.25) is 0 Å². The third-order valence-corrected chi connectivity index (χ3v) is 4.43. The van der Waals surface area contributed by atoms with Crippen molar-refractivity contribution in [3.8, 4) is 11.5 Å². The third kappa shape index (κ3) is 3.12. The Balaban J connectivity index is 2.43. The van der Waals surface area contributed by atoms with E-state index in [4.69, 9.17) is 0 Å². The molecule has 0 aliphatic heterocycles. The van der Waals surface area contributed by atoms with Crippen LogP contribution in [0, 0.1) is 0 Å². The van der Waals surface area contributed by atoms with Crippen molar-refractivity contribution >= 4 is 31.9 Å². The van der Waals surface area contributed by atoms with Gasteiger partial charge in [0.15, 0.2) is 0 Å². The molecule has 0 aliphatic carbocycles. The summed E-state index contributed by atoms with van der Waals surface area (Å²) in [4.78, 5) is 0. The molecular formula is C15H14Br2O2. The summed E-state index contributed by atoms with van der Waals surface area (Å²) in [5.41, 5.74) is 2.26. The maximum absolute atomic E-state index is 9.56. The van der Waals surface area contributed by atoms with Gasteiger partial charge in [-0.2, -0.15) is 0 Å². The van der Waals surface area contributed by atoms with Crippen LogP contribution in [-0.4, -0.2) is 10.2 Å². The molecule has 0 atom stereocenters. The van der Waals surface area contributed by atoms with Crippen molar-refractivity contribution in [2.24, 2.45) is 0 Å². The van der Waals surface area contributed by atoms with E-state index in [0.29, 0.717) is 8.95 Å². The second-order valence-electron chi connectivity index (χ2n) is 4.38. The Kier molecular flexibility index (Phi) is 4.53. The summed E-state index contributed by atoms with van der Waals surface area (Å²) in [6, 6.07) is 11.1. The zero-order valence-electron chi connectivity index (χ0n) is 10.4. The van der Waals surface area contributed by atoms with Crippen LogP contribution in [0.15, 0.2) is 45.3 Å². The normalized spacial score (nSPS) is 10.9. The second kappa shape index (κ2) is 5.97. The molecule has 4 heteroatoms. The molecule has 0 radical (unpaired) electrons. The van der Waals surface area contributed by atoms with Gasteiger partial charge in [-0.25, -0.2) is 0 Å². The van der Waals surface area contributed by atoms with E-state index in [1.165, 1.54) is 0 Å². The van der Waals surface area contributed by atoms with Crippen molar-refractivity contribution in [3.05, 3.63) is 56.5 Å². The van der Waals surface area contributed by atoms with Gasteiger partial charge in [0.2, 0.25) is 0 Å². The van der Waals surface area contributed by atoms with Gasteiger partial charge >= 0.3 is 0 Å². The minimum absolute atomic E-state index is 0.230. The number of aromatic hydroxyl groups is 2. The van der Waals surface area contributed by atoms with Gasteiger partial charge in [-0.1, -0.05) is 19.1 Å². The van der Waals surface area contributed by atoms with Gasteiger partial charge in [-0.3, -0.25) is 0 Å². The van der Waals surface area contributed by atoms with Crippen LogP contribution in [-0.2, 0) is 0 Å². The fourth-order valence-electron chi connectivity index (χ4n) is 2.14. The largest absolute Gasteiger partial charge is 0.507 e. The van der Waals surface area contributed by atoms with Gasteiger partial charge in [0.05, 0.1) is 8.95 Å². The number of rotatable bonds is 3. The Morgan fingerprint density at radius 1 is 0.895 bits per heavy atom. The molecule has 0 unspecified atom stereocenters. The number of hydrogen-bond acceptors (Lipinski definition) is 2. The molecular weight excluding hydrogens is 372 g/mol. The van der Waals surface area contributed by atoms with Crippen molar-refractivity contribution in [3.63, 3.8) is 0 Å². The molecule has 0 heterocycles. The van der Waals surface area contributed by atoms with E-state index >= 15 is 0 Å². The minimum atomic E-state index is 0.230. The molecule has 0 fully saturated rings. The zero-order valence-corrected chi connectivity index (χ0v) is 13.6. The highest BCUT2D eigenvalue weighted by molar-refractivity contribution is 9.10. The maximum atomic E-state index is 9.56. The highest BCUT2D eigenvalue weighted by atomic mass is 79.9. The quantitative estimate of drug-likeness (QED) is 0.765. The average molecular weight is 386 g/mol. The number of benzene rings is 2.